The summed E-state index contributed by atoms with van der Waals surface area (Å²) in [6, 6.07) is 0.0950. The van der Waals surface area contributed by atoms with Crippen LogP contribution in [-0.4, -0.2) is 33.2 Å². The molecule has 1 unspecified atom stereocenters. The number of thioether (sulfide) groups is 1. The quantitative estimate of drug-likeness (QED) is 0.423. The third-order valence-corrected chi connectivity index (χ3v) is 4.01. The minimum absolute atomic E-state index is 0.0950. The van der Waals surface area contributed by atoms with Gasteiger partial charge in [-0.15, -0.1) is 0 Å². The maximum atomic E-state index is 12.0. The number of imide groups is 1. The van der Waals surface area contributed by atoms with Crippen LogP contribution in [0.3, 0.4) is 0 Å². The molecule has 16 heavy (non-hydrogen) atoms. The molecule has 3 N–H and O–H groups in total. The number of carbonyl (C=O) groups is 2. The van der Waals surface area contributed by atoms with Crippen molar-refractivity contribution in [2.45, 2.75) is 43.4 Å². The van der Waals surface area contributed by atoms with Crippen LogP contribution >= 0.6 is 11.8 Å². The maximum absolute atomic E-state index is 12.0. The molecule has 0 bridgehead atoms. The largest absolute Gasteiger partial charge is 0.379 e. The molecular formula is C10H15N3O2S. The molecule has 2 fully saturated rings. The summed E-state index contributed by atoms with van der Waals surface area (Å²) in [4.78, 5) is 25.1. The lowest BCUT2D eigenvalue weighted by molar-refractivity contribution is -0.140. The first-order valence-corrected chi connectivity index (χ1v) is 6.34. The molecule has 0 spiro atoms. The number of nitrogens with one attached hydrogen (secondary N) is 1. The van der Waals surface area contributed by atoms with Gasteiger partial charge in [0.25, 0.3) is 0 Å². The van der Waals surface area contributed by atoms with E-state index in [1.165, 1.54) is 4.90 Å². The lowest BCUT2D eigenvalue weighted by atomic mass is 10.2. The van der Waals surface area contributed by atoms with E-state index in [2.05, 4.69) is 0 Å². The molecule has 0 radical (unpaired) electrons. The monoisotopic (exact) mass is 241 g/mol. The topological polar surface area (TPSA) is 87.2 Å². The van der Waals surface area contributed by atoms with Crippen LogP contribution in [0, 0.1) is 5.41 Å². The zero-order chi connectivity index (χ0) is 11.7. The summed E-state index contributed by atoms with van der Waals surface area (Å²) in [7, 11) is 0. The van der Waals surface area contributed by atoms with Gasteiger partial charge >= 0.3 is 0 Å². The molecule has 5 nitrogen and oxygen atoms in total. The molecule has 88 valence electrons. The Balaban J connectivity index is 2.06. The van der Waals surface area contributed by atoms with Crippen molar-refractivity contribution >= 4 is 28.7 Å². The van der Waals surface area contributed by atoms with E-state index in [0.717, 1.165) is 37.4 Å². The second-order valence-corrected chi connectivity index (χ2v) is 5.46. The highest BCUT2D eigenvalue weighted by Crippen LogP contribution is 2.32. The first-order chi connectivity index (χ1) is 7.59. The summed E-state index contributed by atoms with van der Waals surface area (Å²) in [5.74, 6) is -0.257. The Morgan fingerprint density at radius 3 is 2.56 bits per heavy atom. The summed E-state index contributed by atoms with van der Waals surface area (Å²) in [6.07, 6.45) is 4.22. The molecule has 1 saturated carbocycles. The molecule has 1 saturated heterocycles. The molecule has 0 aromatic carbocycles. The number of amides is 2. The molecule has 1 atom stereocenters. The summed E-state index contributed by atoms with van der Waals surface area (Å²) >= 11 is 0.986. The van der Waals surface area contributed by atoms with Crippen molar-refractivity contribution in [3.8, 4) is 0 Å². The molecule has 0 aromatic rings. The van der Waals surface area contributed by atoms with E-state index in [9.17, 15) is 9.59 Å². The van der Waals surface area contributed by atoms with Crippen LogP contribution in [0.1, 0.15) is 32.1 Å². The smallest absolute Gasteiger partial charge is 0.243 e. The van der Waals surface area contributed by atoms with E-state index in [-0.39, 0.29) is 29.4 Å². The number of nitrogens with zero attached hydrogens (tertiary/aromatic N) is 1. The van der Waals surface area contributed by atoms with Crippen molar-refractivity contribution in [2.24, 2.45) is 5.73 Å². The van der Waals surface area contributed by atoms with Crippen molar-refractivity contribution in [1.82, 2.24) is 4.90 Å². The van der Waals surface area contributed by atoms with Crippen molar-refractivity contribution in [1.29, 1.82) is 5.41 Å². The SMILES string of the molecule is N=C(N)SC1CC(=O)N(C2CCCC2)C1=O. The van der Waals surface area contributed by atoms with Gasteiger partial charge in [-0.05, 0) is 12.8 Å². The van der Waals surface area contributed by atoms with Gasteiger partial charge < -0.3 is 5.73 Å². The fourth-order valence-corrected chi connectivity index (χ4v) is 3.16. The third-order valence-electron chi connectivity index (χ3n) is 3.10. The Labute approximate surface area is 98.2 Å². The van der Waals surface area contributed by atoms with Gasteiger partial charge in [0.1, 0.15) is 5.25 Å². The van der Waals surface area contributed by atoms with Crippen LogP contribution in [0.25, 0.3) is 0 Å². The molecule has 6 heteroatoms. The first-order valence-electron chi connectivity index (χ1n) is 5.46. The number of amidine groups is 1. The van der Waals surface area contributed by atoms with Gasteiger partial charge in [-0.2, -0.15) is 0 Å². The molecule has 0 aromatic heterocycles. The Hall–Kier alpha value is -1.04. The Kier molecular flexibility index (Phi) is 3.18. The van der Waals surface area contributed by atoms with E-state index >= 15 is 0 Å². The molecule has 1 aliphatic heterocycles. The number of carbonyl (C=O) groups excluding carboxylic acids is 2. The van der Waals surface area contributed by atoms with E-state index in [1.807, 2.05) is 0 Å². The Morgan fingerprint density at radius 2 is 2.00 bits per heavy atom. The first kappa shape index (κ1) is 11.4. The molecular weight excluding hydrogens is 226 g/mol. The second kappa shape index (κ2) is 4.45. The van der Waals surface area contributed by atoms with Crippen molar-refractivity contribution in [2.75, 3.05) is 0 Å². The standard InChI is InChI=1S/C10H15N3O2S/c11-10(12)16-7-5-8(14)13(9(7)15)6-3-1-2-4-6/h6-7H,1-5H2,(H3,11,12). The lowest BCUT2D eigenvalue weighted by Gasteiger charge is -2.21. The van der Waals surface area contributed by atoms with Crippen molar-refractivity contribution in [3.63, 3.8) is 0 Å². The van der Waals surface area contributed by atoms with E-state index in [1.54, 1.807) is 0 Å². The third kappa shape index (κ3) is 2.07. The summed E-state index contributed by atoms with van der Waals surface area (Å²) in [6.45, 7) is 0. The van der Waals surface area contributed by atoms with Gasteiger partial charge in [0.05, 0.1) is 0 Å². The highest BCUT2D eigenvalue weighted by molar-refractivity contribution is 8.14. The zero-order valence-electron chi connectivity index (χ0n) is 8.94. The van der Waals surface area contributed by atoms with Gasteiger partial charge in [-0.25, -0.2) is 0 Å². The highest BCUT2D eigenvalue weighted by atomic mass is 32.2. The number of rotatable bonds is 2. The number of hydrogen-bond donors (Lipinski definition) is 2. The maximum Gasteiger partial charge on any atom is 0.243 e. The normalized spacial score (nSPS) is 26.8. The number of likely N-dealkylation sites (tertiary alicyclic amines) is 1. The van der Waals surface area contributed by atoms with Crippen molar-refractivity contribution in [3.05, 3.63) is 0 Å². The predicted molar refractivity (Wildman–Crippen MR) is 62.0 cm³/mol. The average Bonchev–Trinajstić information content (AvgIpc) is 2.76. The Bertz CT molecular complexity index is 339. The van der Waals surface area contributed by atoms with Crippen LogP contribution in [-0.2, 0) is 9.59 Å². The second-order valence-electron chi connectivity index (χ2n) is 4.22. The van der Waals surface area contributed by atoms with Gasteiger partial charge in [0, 0.05) is 12.5 Å². The van der Waals surface area contributed by atoms with Gasteiger partial charge in [-0.3, -0.25) is 19.9 Å². The van der Waals surface area contributed by atoms with Crippen LogP contribution in [0.15, 0.2) is 0 Å². The average molecular weight is 241 g/mol. The lowest BCUT2D eigenvalue weighted by Crippen LogP contribution is -2.39. The summed E-state index contributed by atoms with van der Waals surface area (Å²) in [5, 5.41) is 6.58. The van der Waals surface area contributed by atoms with E-state index in [0.29, 0.717) is 0 Å². The molecule has 2 aliphatic rings. The van der Waals surface area contributed by atoms with Crippen LogP contribution in [0.4, 0.5) is 0 Å². The van der Waals surface area contributed by atoms with Crippen molar-refractivity contribution < 1.29 is 9.59 Å². The zero-order valence-corrected chi connectivity index (χ0v) is 9.76. The van der Waals surface area contributed by atoms with Crippen LogP contribution < -0.4 is 5.73 Å². The molecule has 2 amide bonds. The Morgan fingerprint density at radius 1 is 1.38 bits per heavy atom. The van der Waals surface area contributed by atoms with Crippen LogP contribution in [0.2, 0.25) is 0 Å². The minimum atomic E-state index is -0.467. The minimum Gasteiger partial charge on any atom is -0.379 e. The fourth-order valence-electron chi connectivity index (χ4n) is 2.41. The summed E-state index contributed by atoms with van der Waals surface area (Å²) in [5.41, 5.74) is 5.24. The van der Waals surface area contributed by atoms with E-state index < -0.39 is 5.25 Å². The van der Waals surface area contributed by atoms with Gasteiger partial charge in [0.2, 0.25) is 11.8 Å². The van der Waals surface area contributed by atoms with Gasteiger partial charge in [-0.1, -0.05) is 24.6 Å². The predicted octanol–water partition coefficient (Wildman–Crippen LogP) is 0.683. The molecule has 1 aliphatic carbocycles. The van der Waals surface area contributed by atoms with Gasteiger partial charge in [0.15, 0.2) is 5.17 Å². The summed E-state index contributed by atoms with van der Waals surface area (Å²) < 4.78 is 0. The highest BCUT2D eigenvalue weighted by Gasteiger charge is 2.43. The number of nitrogens with two attached hydrogens (primary N) is 1. The number of hydrogen-bond acceptors (Lipinski definition) is 4. The van der Waals surface area contributed by atoms with Crippen LogP contribution in [0.5, 0.6) is 0 Å². The van der Waals surface area contributed by atoms with E-state index in [4.69, 9.17) is 11.1 Å². The molecule has 2 rings (SSSR count). The molecule has 1 heterocycles. The fraction of sp³-hybridized carbons (Fsp3) is 0.700.